The van der Waals surface area contributed by atoms with Crippen LogP contribution in [0.15, 0.2) is 82.2 Å². The molecule has 1 aliphatic carbocycles. The van der Waals surface area contributed by atoms with Gasteiger partial charge in [-0.1, -0.05) is 83.9 Å². The molecule has 1 saturated heterocycles. The maximum absolute atomic E-state index is 13.8. The van der Waals surface area contributed by atoms with E-state index in [9.17, 15) is 4.79 Å². The molecule has 1 heterocycles. The van der Waals surface area contributed by atoms with Gasteiger partial charge in [0.05, 0.1) is 12.0 Å². The Balaban J connectivity index is 1.37. The Morgan fingerprint density at radius 2 is 1.79 bits per heavy atom. The molecule has 1 amide bonds. The van der Waals surface area contributed by atoms with Crippen LogP contribution in [-0.2, 0) is 11.4 Å². The van der Waals surface area contributed by atoms with Gasteiger partial charge in [-0.3, -0.25) is 4.79 Å². The Morgan fingerprint density at radius 3 is 2.53 bits per heavy atom. The first-order chi connectivity index (χ1) is 18.5. The number of rotatable bonds is 8. The number of nitrogens with zero attached hydrogens (tertiary/aromatic N) is 1. The van der Waals surface area contributed by atoms with E-state index >= 15 is 0 Å². The van der Waals surface area contributed by atoms with Crippen LogP contribution in [0.25, 0.3) is 6.08 Å². The molecule has 2 aliphatic rings. The van der Waals surface area contributed by atoms with Crippen molar-refractivity contribution in [1.82, 2.24) is 4.90 Å². The zero-order chi connectivity index (χ0) is 26.5. The number of ether oxygens (including phenoxy) is 2. The normalized spacial score (nSPS) is 22.5. The molecular weight excluding hydrogens is 560 g/mol. The lowest BCUT2D eigenvalue weighted by molar-refractivity contribution is -0.129. The molecule has 2 fully saturated rings. The van der Waals surface area contributed by atoms with Crippen LogP contribution in [0.5, 0.6) is 11.5 Å². The highest BCUT2D eigenvalue weighted by molar-refractivity contribution is 9.10. The monoisotopic (exact) mass is 592 g/mol. The summed E-state index contributed by atoms with van der Waals surface area (Å²) in [5, 5.41) is 3.60. The van der Waals surface area contributed by atoms with Crippen molar-refractivity contribution in [3.63, 3.8) is 0 Å². The van der Waals surface area contributed by atoms with E-state index in [0.29, 0.717) is 24.0 Å². The number of para-hydroxylation sites is 1. The van der Waals surface area contributed by atoms with E-state index < -0.39 is 0 Å². The summed E-state index contributed by atoms with van der Waals surface area (Å²) in [6.45, 7) is 2.72. The molecule has 0 aromatic heterocycles. The molecule has 1 aliphatic heterocycles. The number of carbonyl (C=O) groups excluding carboxylic acids is 1. The fraction of sp³-hybridized carbons (Fsp3) is 0.323. The van der Waals surface area contributed by atoms with Gasteiger partial charge in [0.1, 0.15) is 6.61 Å². The van der Waals surface area contributed by atoms with Gasteiger partial charge in [0, 0.05) is 16.2 Å². The number of methoxy groups -OCH3 is 1. The highest BCUT2D eigenvalue weighted by atomic mass is 79.9. The van der Waals surface area contributed by atoms with Gasteiger partial charge in [-0.15, -0.1) is 0 Å². The van der Waals surface area contributed by atoms with E-state index in [1.165, 1.54) is 12.8 Å². The van der Waals surface area contributed by atoms with Crippen LogP contribution in [0.3, 0.4) is 0 Å². The average Bonchev–Trinajstić information content (AvgIpc) is 3.23. The lowest BCUT2D eigenvalue weighted by Gasteiger charge is -2.39. The Kier molecular flexibility index (Phi) is 8.65. The fourth-order valence-electron chi connectivity index (χ4n) is 5.15. The quantitative estimate of drug-likeness (QED) is 0.269. The first-order valence-corrected chi connectivity index (χ1v) is 14.8. The van der Waals surface area contributed by atoms with Crippen LogP contribution in [0.4, 0.5) is 5.69 Å². The van der Waals surface area contributed by atoms with Crippen LogP contribution in [0.1, 0.15) is 43.7 Å². The summed E-state index contributed by atoms with van der Waals surface area (Å²) >= 11 is 5.05. The number of amides is 1. The molecule has 5 nitrogen and oxygen atoms in total. The van der Waals surface area contributed by atoms with Crippen LogP contribution in [0, 0.1) is 5.92 Å². The zero-order valence-electron chi connectivity index (χ0n) is 21.7. The van der Waals surface area contributed by atoms with Crippen molar-refractivity contribution >= 4 is 45.4 Å². The van der Waals surface area contributed by atoms with Crippen molar-refractivity contribution < 1.29 is 14.3 Å². The summed E-state index contributed by atoms with van der Waals surface area (Å²) in [5.74, 6) is 1.89. The molecular formula is C31H33BrN2O3S. The minimum Gasteiger partial charge on any atom is -0.493 e. The lowest BCUT2D eigenvalue weighted by atomic mass is 9.85. The molecule has 0 bridgehead atoms. The topological polar surface area (TPSA) is 50.8 Å². The summed E-state index contributed by atoms with van der Waals surface area (Å²) in [6.07, 6.45) is 6.59. The molecule has 1 N–H and O–H groups in total. The number of anilines is 1. The number of benzene rings is 3. The van der Waals surface area contributed by atoms with Crippen LogP contribution in [-0.4, -0.2) is 29.5 Å². The predicted octanol–water partition coefficient (Wildman–Crippen LogP) is 7.93. The SMILES string of the molecule is COc1cc(/C=C2\SC(Nc3ccccc3)N([C@@H]3CCCC[C@@H]3C)C2=O)ccc1OCc1ccc(Br)cc1. The van der Waals surface area contributed by atoms with Crippen LogP contribution < -0.4 is 14.8 Å². The average molecular weight is 594 g/mol. The molecule has 1 unspecified atom stereocenters. The number of nitrogens with one attached hydrogen (secondary N) is 1. The molecule has 7 heteroatoms. The van der Waals surface area contributed by atoms with Gasteiger partial charge in [-0.05, 0) is 72.4 Å². The van der Waals surface area contributed by atoms with Crippen molar-refractivity contribution in [3.05, 3.63) is 93.3 Å². The van der Waals surface area contributed by atoms with Crippen LogP contribution in [0.2, 0.25) is 0 Å². The molecule has 198 valence electrons. The number of carbonyl (C=O) groups is 1. The summed E-state index contributed by atoms with van der Waals surface area (Å²) in [5.41, 5.74) is 2.85. The first kappa shape index (κ1) is 26.7. The molecule has 0 spiro atoms. The van der Waals surface area contributed by atoms with Gasteiger partial charge < -0.3 is 19.7 Å². The third-order valence-corrected chi connectivity index (χ3v) is 8.86. The molecule has 1 saturated carbocycles. The summed E-state index contributed by atoms with van der Waals surface area (Å²) in [7, 11) is 1.64. The van der Waals surface area contributed by atoms with E-state index in [4.69, 9.17) is 9.47 Å². The highest BCUT2D eigenvalue weighted by Crippen LogP contribution is 2.42. The van der Waals surface area contributed by atoms with E-state index in [-0.39, 0.29) is 17.4 Å². The third-order valence-electron chi connectivity index (χ3n) is 7.22. The zero-order valence-corrected chi connectivity index (χ0v) is 24.1. The Morgan fingerprint density at radius 1 is 1.03 bits per heavy atom. The van der Waals surface area contributed by atoms with Gasteiger partial charge >= 0.3 is 0 Å². The van der Waals surface area contributed by atoms with Crippen molar-refractivity contribution in [2.75, 3.05) is 12.4 Å². The van der Waals surface area contributed by atoms with Gasteiger partial charge in [0.25, 0.3) is 5.91 Å². The minimum absolute atomic E-state index is 0.0942. The molecule has 0 radical (unpaired) electrons. The second-order valence-electron chi connectivity index (χ2n) is 9.86. The largest absolute Gasteiger partial charge is 0.493 e. The molecule has 38 heavy (non-hydrogen) atoms. The number of hydrogen-bond donors (Lipinski definition) is 1. The summed E-state index contributed by atoms with van der Waals surface area (Å²) in [4.78, 5) is 16.6. The van der Waals surface area contributed by atoms with E-state index in [1.807, 2.05) is 78.9 Å². The highest BCUT2D eigenvalue weighted by Gasteiger charge is 2.42. The van der Waals surface area contributed by atoms with Gasteiger partial charge in [0.15, 0.2) is 17.0 Å². The van der Waals surface area contributed by atoms with E-state index in [1.54, 1.807) is 18.9 Å². The predicted molar refractivity (Wildman–Crippen MR) is 159 cm³/mol. The number of halogens is 1. The minimum atomic E-state index is -0.142. The smallest absolute Gasteiger partial charge is 0.262 e. The first-order valence-electron chi connectivity index (χ1n) is 13.1. The standard InChI is InChI=1S/C31H33BrN2O3S/c1-21-8-6-7-11-26(21)34-30(35)29(38-31(34)33-25-9-4-3-5-10-25)19-23-14-17-27(28(18-23)36-2)37-20-22-12-15-24(32)16-13-22/h3-5,9-10,12-19,21,26,31,33H,6-8,11,20H2,1-2H3/b29-19-/t21-,26+,31?/m0/s1. The van der Waals surface area contributed by atoms with Crippen molar-refractivity contribution in [2.24, 2.45) is 5.92 Å². The second-order valence-corrected chi connectivity index (χ2v) is 11.9. The summed E-state index contributed by atoms with van der Waals surface area (Å²) < 4.78 is 12.7. The maximum atomic E-state index is 13.8. The van der Waals surface area contributed by atoms with Gasteiger partial charge in [0.2, 0.25) is 0 Å². The van der Waals surface area contributed by atoms with Crippen LogP contribution >= 0.6 is 27.7 Å². The van der Waals surface area contributed by atoms with Crippen molar-refractivity contribution in [1.29, 1.82) is 0 Å². The lowest BCUT2D eigenvalue weighted by Crippen LogP contribution is -2.48. The summed E-state index contributed by atoms with van der Waals surface area (Å²) in [6, 6.07) is 24.2. The van der Waals surface area contributed by atoms with E-state index in [0.717, 1.165) is 39.0 Å². The maximum Gasteiger partial charge on any atom is 0.262 e. The Hall–Kier alpha value is -2.90. The second kappa shape index (κ2) is 12.3. The fourth-order valence-corrected chi connectivity index (χ4v) is 6.63. The molecule has 3 aromatic carbocycles. The molecule has 3 aromatic rings. The Labute approximate surface area is 237 Å². The Bertz CT molecular complexity index is 1280. The molecule has 3 atom stereocenters. The van der Waals surface area contributed by atoms with Crippen molar-refractivity contribution in [2.45, 2.75) is 50.8 Å². The number of thioether (sulfide) groups is 1. The third kappa shape index (κ3) is 6.21. The van der Waals surface area contributed by atoms with Gasteiger partial charge in [-0.2, -0.15) is 0 Å². The van der Waals surface area contributed by atoms with Crippen molar-refractivity contribution in [3.8, 4) is 11.5 Å². The molecule has 5 rings (SSSR count). The van der Waals surface area contributed by atoms with Gasteiger partial charge in [-0.25, -0.2) is 0 Å². The van der Waals surface area contributed by atoms with E-state index in [2.05, 4.69) is 33.1 Å². The number of hydrogen-bond acceptors (Lipinski definition) is 5.